The van der Waals surface area contributed by atoms with Gasteiger partial charge in [-0.25, -0.2) is 9.59 Å². The number of hydrogen-bond acceptors (Lipinski definition) is 6. The third-order valence-electron chi connectivity index (χ3n) is 1.08. The van der Waals surface area contributed by atoms with Crippen molar-refractivity contribution in [2.45, 2.75) is 6.36 Å². The molecule has 0 bridgehead atoms. The number of carbonyl (C=O) groups is 2. The monoisotopic (exact) mass is 252 g/mol. The zero-order chi connectivity index (χ0) is 11.7. The van der Waals surface area contributed by atoms with Crippen molar-refractivity contribution in [3.63, 3.8) is 0 Å². The van der Waals surface area contributed by atoms with Crippen LogP contribution in [0.2, 0.25) is 0 Å². The Bertz CT molecular complexity index is 205. The van der Waals surface area contributed by atoms with Crippen LogP contribution in [0, 0.1) is 0 Å². The van der Waals surface area contributed by atoms with Gasteiger partial charge in [0, 0.05) is 9.15 Å². The van der Waals surface area contributed by atoms with E-state index in [1.165, 1.54) is 0 Å². The molecule has 16 heavy (non-hydrogen) atoms. The van der Waals surface area contributed by atoms with Crippen LogP contribution in [0.15, 0.2) is 0 Å². The Labute approximate surface area is 86.4 Å². The Kier molecular flexibility index (Phi) is 10.2. The fraction of sp³-hybridized carbons (Fsp3) is 0.667. The van der Waals surface area contributed by atoms with Gasteiger partial charge in [-0.3, -0.25) is 4.70 Å². The topological polar surface area (TPSA) is 71.1 Å². The summed E-state index contributed by atoms with van der Waals surface area (Å²) < 4.78 is 44.1. The van der Waals surface area contributed by atoms with E-state index < -0.39 is 18.7 Å². The molecule has 2 heterocycles. The molecule has 0 N–H and O–H groups in total. The summed E-state index contributed by atoms with van der Waals surface area (Å²) in [5, 5.41) is 0. The van der Waals surface area contributed by atoms with E-state index in [0.29, 0.717) is 13.2 Å². The highest BCUT2D eigenvalue weighted by molar-refractivity contribution is 5.61. The Morgan fingerprint density at radius 2 is 1.50 bits per heavy atom. The van der Waals surface area contributed by atoms with Gasteiger partial charge in [0.05, 0.1) is 0 Å². The number of cyclic esters (lactones) is 4. The highest BCUT2D eigenvalue weighted by Gasteiger charge is 2.23. The number of carbonyl (C=O) groups excluding carboxylic acids is 2. The minimum Gasteiger partial charge on any atom is -0.431 e. The van der Waals surface area contributed by atoms with Crippen LogP contribution in [0.4, 0.5) is 27.8 Å². The van der Waals surface area contributed by atoms with Crippen LogP contribution in [-0.2, 0) is 18.9 Å². The van der Waals surface area contributed by atoms with Gasteiger partial charge < -0.3 is 18.9 Å². The lowest BCUT2D eigenvalue weighted by Gasteiger charge is -1.85. The van der Waals surface area contributed by atoms with E-state index in [-0.39, 0.29) is 11.3 Å². The van der Waals surface area contributed by atoms with Crippen molar-refractivity contribution in [2.24, 2.45) is 0 Å². The molecule has 6 nitrogen and oxygen atoms in total. The number of alkyl halides is 1. The van der Waals surface area contributed by atoms with Crippen molar-refractivity contribution in [1.29, 1.82) is 0 Å². The van der Waals surface area contributed by atoms with Gasteiger partial charge in [0.2, 0.25) is 0 Å². The quantitative estimate of drug-likeness (QED) is 0.481. The second kappa shape index (κ2) is 9.80. The standard InChI is InChI=1S/C3H3FO3.C3H4O3.F2.FH/c4-2-1-6-3(5)7-2;4-3-5-1-2-6-3;1-2;/h2H,1H2;1-2H2;;1H. The number of halogens is 4. The van der Waals surface area contributed by atoms with Crippen molar-refractivity contribution in [3.05, 3.63) is 0 Å². The summed E-state index contributed by atoms with van der Waals surface area (Å²) in [5.41, 5.74) is 0. The molecular formula is C6H8F4O6. The van der Waals surface area contributed by atoms with Crippen LogP contribution in [0.3, 0.4) is 0 Å². The van der Waals surface area contributed by atoms with Gasteiger partial charge in [-0.05, 0) is 0 Å². The molecule has 0 spiro atoms. The predicted molar refractivity (Wildman–Crippen MR) is 39.3 cm³/mol. The van der Waals surface area contributed by atoms with E-state index >= 15 is 0 Å². The lowest BCUT2D eigenvalue weighted by molar-refractivity contribution is 0.0572. The summed E-state index contributed by atoms with van der Waals surface area (Å²) in [6, 6.07) is 0. The summed E-state index contributed by atoms with van der Waals surface area (Å²) in [6.45, 7) is 0.566. The largest absolute Gasteiger partial charge is 0.511 e. The van der Waals surface area contributed by atoms with Gasteiger partial charge in [-0.15, -0.1) is 0 Å². The zero-order valence-electron chi connectivity index (χ0n) is 7.69. The lowest BCUT2D eigenvalue weighted by Crippen LogP contribution is -1.98. The minimum absolute atomic E-state index is 0. The third kappa shape index (κ3) is 7.64. The van der Waals surface area contributed by atoms with Crippen molar-refractivity contribution in [2.75, 3.05) is 19.8 Å². The minimum atomic E-state index is -1.55. The van der Waals surface area contributed by atoms with Gasteiger partial charge >= 0.3 is 12.3 Å². The molecule has 0 aliphatic carbocycles. The molecule has 2 aliphatic rings. The molecule has 2 rings (SSSR count). The van der Waals surface area contributed by atoms with E-state index in [9.17, 15) is 14.0 Å². The Morgan fingerprint density at radius 1 is 1.00 bits per heavy atom. The van der Waals surface area contributed by atoms with Crippen LogP contribution >= 0.6 is 0 Å². The van der Waals surface area contributed by atoms with E-state index in [0.717, 1.165) is 0 Å². The average molecular weight is 252 g/mol. The predicted octanol–water partition coefficient (Wildman–Crippen LogP) is 1.59. The first-order valence-electron chi connectivity index (χ1n) is 3.60. The normalized spacial score (nSPS) is 20.6. The van der Waals surface area contributed by atoms with Crippen LogP contribution in [0.25, 0.3) is 0 Å². The molecule has 2 fully saturated rings. The lowest BCUT2D eigenvalue weighted by atomic mass is 10.8. The van der Waals surface area contributed by atoms with E-state index in [1.807, 2.05) is 0 Å². The van der Waals surface area contributed by atoms with E-state index in [2.05, 4.69) is 18.9 Å². The molecule has 96 valence electrons. The summed E-state index contributed by atoms with van der Waals surface area (Å²) in [7, 11) is 0. The second-order valence-electron chi connectivity index (χ2n) is 2.04. The smallest absolute Gasteiger partial charge is 0.431 e. The first kappa shape index (κ1) is 16.7. The van der Waals surface area contributed by atoms with Crippen molar-refractivity contribution < 1.29 is 46.8 Å². The maximum atomic E-state index is 11.6. The number of rotatable bonds is 0. The fourth-order valence-corrected chi connectivity index (χ4v) is 0.598. The summed E-state index contributed by atoms with van der Waals surface area (Å²) >= 11 is 0. The molecule has 10 heteroatoms. The summed E-state index contributed by atoms with van der Waals surface area (Å²) in [6.07, 6.45) is -3.02. The van der Waals surface area contributed by atoms with Crippen molar-refractivity contribution in [1.82, 2.24) is 0 Å². The Balaban J connectivity index is 0. The van der Waals surface area contributed by atoms with Crippen LogP contribution in [0.5, 0.6) is 0 Å². The van der Waals surface area contributed by atoms with E-state index in [1.54, 1.807) is 0 Å². The SMILES string of the molecule is F.FF.O=C1OCC(F)O1.O=C1OCCO1. The third-order valence-corrected chi connectivity index (χ3v) is 1.08. The molecule has 0 amide bonds. The first-order valence-corrected chi connectivity index (χ1v) is 3.60. The zero-order valence-corrected chi connectivity index (χ0v) is 7.69. The maximum absolute atomic E-state index is 11.6. The average Bonchev–Trinajstić information content (AvgIpc) is 2.82. The molecule has 2 aliphatic heterocycles. The molecule has 1 atom stereocenters. The first-order chi connectivity index (χ1) is 7.18. The highest BCUT2D eigenvalue weighted by atomic mass is 20.0. The molecular weight excluding hydrogens is 244 g/mol. The fourth-order valence-electron chi connectivity index (χ4n) is 0.598. The molecule has 2 saturated heterocycles. The van der Waals surface area contributed by atoms with Gasteiger partial charge in [-0.2, -0.15) is 4.39 Å². The van der Waals surface area contributed by atoms with Crippen LogP contribution in [-0.4, -0.2) is 38.5 Å². The highest BCUT2D eigenvalue weighted by Crippen LogP contribution is 2.05. The summed E-state index contributed by atoms with van der Waals surface area (Å²) in [5.74, 6) is 0. The Hall–Kier alpha value is -1.74. The molecule has 0 aromatic carbocycles. The Morgan fingerprint density at radius 3 is 1.62 bits per heavy atom. The van der Waals surface area contributed by atoms with Crippen LogP contribution < -0.4 is 0 Å². The van der Waals surface area contributed by atoms with Crippen molar-refractivity contribution >= 4 is 12.3 Å². The molecule has 1 unspecified atom stereocenters. The van der Waals surface area contributed by atoms with E-state index in [4.69, 9.17) is 9.15 Å². The molecule has 0 radical (unpaired) electrons. The van der Waals surface area contributed by atoms with Gasteiger partial charge in [-0.1, -0.05) is 0 Å². The summed E-state index contributed by atoms with van der Waals surface area (Å²) in [4.78, 5) is 19.6. The number of hydrogen-bond donors (Lipinski definition) is 0. The molecule has 0 saturated carbocycles. The number of ether oxygens (including phenoxy) is 4. The second-order valence-corrected chi connectivity index (χ2v) is 2.04. The van der Waals surface area contributed by atoms with Crippen molar-refractivity contribution in [3.8, 4) is 0 Å². The van der Waals surface area contributed by atoms with Gasteiger partial charge in [0.25, 0.3) is 6.36 Å². The van der Waals surface area contributed by atoms with Crippen LogP contribution in [0.1, 0.15) is 0 Å². The maximum Gasteiger partial charge on any atom is 0.511 e. The molecule has 0 aromatic heterocycles. The van der Waals surface area contributed by atoms with Gasteiger partial charge in [0.15, 0.2) is 6.61 Å². The molecule has 0 aromatic rings. The van der Waals surface area contributed by atoms with Gasteiger partial charge in [0.1, 0.15) is 13.2 Å².